The van der Waals surface area contributed by atoms with Crippen molar-refractivity contribution in [2.24, 2.45) is 4.99 Å². The molecular formula is C14H18BrN3. The van der Waals surface area contributed by atoms with Gasteiger partial charge in [0.05, 0.1) is 12.6 Å². The van der Waals surface area contributed by atoms with E-state index in [0.717, 1.165) is 23.4 Å². The van der Waals surface area contributed by atoms with E-state index in [4.69, 9.17) is 0 Å². The van der Waals surface area contributed by atoms with Crippen LogP contribution in [-0.2, 0) is 0 Å². The number of halogens is 1. The van der Waals surface area contributed by atoms with E-state index >= 15 is 0 Å². The fourth-order valence-electron chi connectivity index (χ4n) is 2.79. The molecule has 1 aromatic rings. The Kier molecular flexibility index (Phi) is 3.66. The highest BCUT2D eigenvalue weighted by Crippen LogP contribution is 2.27. The average molecular weight is 308 g/mol. The molecule has 2 aliphatic heterocycles. The van der Waals surface area contributed by atoms with Crippen LogP contribution in [0, 0.1) is 0 Å². The molecule has 1 fully saturated rings. The molecule has 2 aliphatic rings. The van der Waals surface area contributed by atoms with Gasteiger partial charge in [0.1, 0.15) is 5.84 Å². The minimum Gasteiger partial charge on any atom is -0.370 e. The van der Waals surface area contributed by atoms with Crippen molar-refractivity contribution in [1.82, 2.24) is 10.2 Å². The van der Waals surface area contributed by atoms with Gasteiger partial charge >= 0.3 is 0 Å². The monoisotopic (exact) mass is 307 g/mol. The lowest BCUT2D eigenvalue weighted by Gasteiger charge is -2.28. The topological polar surface area (TPSA) is 27.6 Å². The molecule has 96 valence electrons. The fourth-order valence-corrected chi connectivity index (χ4v) is 3.05. The highest BCUT2D eigenvalue weighted by Gasteiger charge is 2.28. The number of amidine groups is 1. The Balaban J connectivity index is 1.90. The highest BCUT2D eigenvalue weighted by atomic mass is 79.9. The summed E-state index contributed by atoms with van der Waals surface area (Å²) in [5.74, 6) is 1.15. The number of rotatable bonds is 3. The quantitative estimate of drug-likeness (QED) is 0.929. The number of hydrogen-bond donors (Lipinski definition) is 1. The van der Waals surface area contributed by atoms with Gasteiger partial charge in [-0.15, -0.1) is 0 Å². The molecule has 0 spiro atoms. The first-order valence-corrected chi connectivity index (χ1v) is 7.41. The van der Waals surface area contributed by atoms with Crippen molar-refractivity contribution < 1.29 is 0 Å². The van der Waals surface area contributed by atoms with Crippen molar-refractivity contribution >= 4 is 21.8 Å². The predicted molar refractivity (Wildman–Crippen MR) is 78.0 cm³/mol. The number of nitrogens with one attached hydrogen (secondary N) is 1. The standard InChI is InChI=1S/C14H18BrN3/c15-12-5-3-11(4-6-12)13(14-16-7-8-17-14)18-9-1-2-10-18/h3-6,13H,1-2,7-10H2,(H,16,17). The maximum absolute atomic E-state index is 4.63. The van der Waals surface area contributed by atoms with E-state index < -0.39 is 0 Å². The molecule has 4 heteroatoms. The van der Waals surface area contributed by atoms with Crippen LogP contribution >= 0.6 is 15.9 Å². The van der Waals surface area contributed by atoms with E-state index in [1.165, 1.54) is 31.5 Å². The lowest BCUT2D eigenvalue weighted by atomic mass is 10.0. The Morgan fingerprint density at radius 3 is 2.50 bits per heavy atom. The zero-order valence-corrected chi connectivity index (χ0v) is 12.0. The van der Waals surface area contributed by atoms with Gasteiger partial charge in [0.25, 0.3) is 0 Å². The van der Waals surface area contributed by atoms with E-state index in [-0.39, 0.29) is 0 Å². The Hall–Kier alpha value is -0.870. The van der Waals surface area contributed by atoms with Gasteiger partial charge in [-0.1, -0.05) is 28.1 Å². The summed E-state index contributed by atoms with van der Waals surface area (Å²) in [6.45, 7) is 4.26. The Labute approximate surface area is 116 Å². The van der Waals surface area contributed by atoms with Gasteiger partial charge in [0.2, 0.25) is 0 Å². The van der Waals surface area contributed by atoms with Crippen molar-refractivity contribution in [3.8, 4) is 0 Å². The lowest BCUT2D eigenvalue weighted by molar-refractivity contribution is 0.301. The van der Waals surface area contributed by atoms with Crippen molar-refractivity contribution in [1.29, 1.82) is 0 Å². The second kappa shape index (κ2) is 5.41. The number of hydrogen-bond acceptors (Lipinski definition) is 3. The van der Waals surface area contributed by atoms with Gasteiger partial charge in [-0.05, 0) is 43.6 Å². The van der Waals surface area contributed by atoms with Crippen molar-refractivity contribution in [3.63, 3.8) is 0 Å². The molecule has 1 aromatic carbocycles. The van der Waals surface area contributed by atoms with Crippen molar-refractivity contribution in [2.75, 3.05) is 26.2 Å². The average Bonchev–Trinajstić information content (AvgIpc) is 3.06. The van der Waals surface area contributed by atoms with Gasteiger partial charge in [-0.2, -0.15) is 0 Å². The Morgan fingerprint density at radius 1 is 1.17 bits per heavy atom. The van der Waals surface area contributed by atoms with Crippen LogP contribution < -0.4 is 5.32 Å². The molecule has 0 radical (unpaired) electrons. The molecule has 1 unspecified atom stereocenters. The molecule has 18 heavy (non-hydrogen) atoms. The Bertz CT molecular complexity index is 435. The summed E-state index contributed by atoms with van der Waals surface area (Å²) in [7, 11) is 0. The smallest absolute Gasteiger partial charge is 0.119 e. The van der Waals surface area contributed by atoms with Crippen LogP contribution in [0.3, 0.4) is 0 Å². The maximum atomic E-state index is 4.63. The molecule has 0 aromatic heterocycles. The van der Waals surface area contributed by atoms with Crippen LogP contribution in [0.2, 0.25) is 0 Å². The first kappa shape index (κ1) is 12.2. The molecule has 2 heterocycles. The zero-order valence-electron chi connectivity index (χ0n) is 10.4. The van der Waals surface area contributed by atoms with Gasteiger partial charge < -0.3 is 5.32 Å². The molecule has 1 saturated heterocycles. The number of likely N-dealkylation sites (tertiary alicyclic amines) is 1. The van der Waals surface area contributed by atoms with Gasteiger partial charge in [0.15, 0.2) is 0 Å². The summed E-state index contributed by atoms with van der Waals surface area (Å²) in [5, 5.41) is 3.44. The third kappa shape index (κ3) is 2.45. The van der Waals surface area contributed by atoms with Crippen LogP contribution in [0.4, 0.5) is 0 Å². The largest absolute Gasteiger partial charge is 0.370 e. The van der Waals surface area contributed by atoms with E-state index in [1.54, 1.807) is 0 Å². The summed E-state index contributed by atoms with van der Waals surface area (Å²) in [4.78, 5) is 7.17. The zero-order chi connectivity index (χ0) is 12.4. The second-order valence-electron chi connectivity index (χ2n) is 4.89. The third-order valence-electron chi connectivity index (χ3n) is 3.65. The summed E-state index contributed by atoms with van der Waals surface area (Å²) in [6, 6.07) is 8.97. The molecule has 3 nitrogen and oxygen atoms in total. The second-order valence-corrected chi connectivity index (χ2v) is 5.81. The van der Waals surface area contributed by atoms with Crippen LogP contribution in [0.15, 0.2) is 33.7 Å². The first-order chi connectivity index (χ1) is 8.84. The number of aliphatic imine (C=N–C) groups is 1. The molecular weight excluding hydrogens is 290 g/mol. The van der Waals surface area contributed by atoms with Crippen molar-refractivity contribution in [2.45, 2.75) is 18.9 Å². The summed E-state index contributed by atoms with van der Waals surface area (Å²) in [5.41, 5.74) is 1.34. The summed E-state index contributed by atoms with van der Waals surface area (Å²) < 4.78 is 1.13. The van der Waals surface area contributed by atoms with Gasteiger partial charge in [-0.25, -0.2) is 0 Å². The normalized spacial score (nSPS) is 21.7. The van der Waals surface area contributed by atoms with Crippen LogP contribution in [-0.4, -0.2) is 36.9 Å². The van der Waals surface area contributed by atoms with Gasteiger partial charge in [-0.3, -0.25) is 9.89 Å². The predicted octanol–water partition coefficient (Wildman–Crippen LogP) is 2.59. The molecule has 0 bridgehead atoms. The van der Waals surface area contributed by atoms with Crippen LogP contribution in [0.25, 0.3) is 0 Å². The summed E-state index contributed by atoms with van der Waals surface area (Å²) in [6.07, 6.45) is 2.61. The molecule has 0 saturated carbocycles. The molecule has 3 rings (SSSR count). The van der Waals surface area contributed by atoms with Crippen LogP contribution in [0.5, 0.6) is 0 Å². The lowest BCUT2D eigenvalue weighted by Crippen LogP contribution is -2.37. The molecule has 0 amide bonds. The van der Waals surface area contributed by atoms with E-state index in [1.807, 2.05) is 0 Å². The third-order valence-corrected chi connectivity index (χ3v) is 4.18. The highest BCUT2D eigenvalue weighted by molar-refractivity contribution is 9.10. The maximum Gasteiger partial charge on any atom is 0.119 e. The van der Waals surface area contributed by atoms with Crippen molar-refractivity contribution in [3.05, 3.63) is 34.3 Å². The fraction of sp³-hybridized carbons (Fsp3) is 0.500. The van der Waals surface area contributed by atoms with E-state index in [2.05, 4.69) is 55.4 Å². The molecule has 1 atom stereocenters. The van der Waals surface area contributed by atoms with Crippen LogP contribution in [0.1, 0.15) is 24.4 Å². The number of nitrogens with zero attached hydrogens (tertiary/aromatic N) is 2. The molecule has 1 N–H and O–H groups in total. The number of benzene rings is 1. The van der Waals surface area contributed by atoms with E-state index in [9.17, 15) is 0 Å². The Morgan fingerprint density at radius 2 is 1.89 bits per heavy atom. The summed E-state index contributed by atoms with van der Waals surface area (Å²) >= 11 is 3.50. The van der Waals surface area contributed by atoms with Gasteiger partial charge in [0, 0.05) is 11.0 Å². The first-order valence-electron chi connectivity index (χ1n) is 6.62. The molecule has 0 aliphatic carbocycles. The van der Waals surface area contributed by atoms with E-state index in [0.29, 0.717) is 6.04 Å². The minimum absolute atomic E-state index is 0.322. The SMILES string of the molecule is Brc1ccc(C(C2=NCCN2)N2CCCC2)cc1. The minimum atomic E-state index is 0.322.